The van der Waals surface area contributed by atoms with E-state index >= 15 is 0 Å². The van der Waals surface area contributed by atoms with Crippen molar-refractivity contribution in [2.24, 2.45) is 5.92 Å². The first-order chi connectivity index (χ1) is 6.84. The van der Waals surface area contributed by atoms with Gasteiger partial charge in [0.15, 0.2) is 0 Å². The third-order valence-corrected chi connectivity index (χ3v) is 4.82. The fourth-order valence-electron chi connectivity index (χ4n) is 1.58. The van der Waals surface area contributed by atoms with Gasteiger partial charge in [-0.2, -0.15) is 0 Å². The van der Waals surface area contributed by atoms with Crippen molar-refractivity contribution < 1.29 is 8.85 Å². The van der Waals surface area contributed by atoms with E-state index in [0.29, 0.717) is 5.92 Å². The fraction of sp³-hybridized carbons (Fsp3) is 0.833. The molecule has 0 aliphatic rings. The van der Waals surface area contributed by atoms with E-state index in [1.807, 2.05) is 19.5 Å². The Morgan fingerprint density at radius 1 is 1.20 bits per heavy atom. The summed E-state index contributed by atoms with van der Waals surface area (Å²) in [5.41, 5.74) is 1.87. The first-order valence-corrected chi connectivity index (χ1v) is 8.23. The molecule has 0 fully saturated rings. The van der Waals surface area contributed by atoms with Crippen molar-refractivity contribution in [3.8, 4) is 0 Å². The monoisotopic (exact) mass is 230 g/mol. The molecular formula is C12H26O2Si. The molecule has 3 heteroatoms. The fourth-order valence-corrected chi connectivity index (χ4v) is 3.81. The van der Waals surface area contributed by atoms with Crippen LogP contribution in [0.3, 0.4) is 0 Å². The molecule has 90 valence electrons. The quantitative estimate of drug-likeness (QED) is 0.621. The average Bonchev–Trinajstić information content (AvgIpc) is 2.12. The summed E-state index contributed by atoms with van der Waals surface area (Å²) in [7, 11) is -2.17. The van der Waals surface area contributed by atoms with Gasteiger partial charge in [-0.05, 0) is 38.4 Å². The number of hydrogen-bond acceptors (Lipinski definition) is 2. The van der Waals surface area contributed by atoms with Gasteiger partial charge in [0.05, 0.1) is 0 Å². The SMILES string of the molecule is C=C[Si](C)(OC(C)C)OC(CC)C(C)C. The number of hydrogen-bond donors (Lipinski definition) is 0. The molecule has 0 rings (SSSR count). The van der Waals surface area contributed by atoms with Gasteiger partial charge in [0, 0.05) is 12.2 Å². The zero-order chi connectivity index (χ0) is 12.1. The lowest BCUT2D eigenvalue weighted by Gasteiger charge is -2.32. The Hall–Kier alpha value is -0.123. The minimum absolute atomic E-state index is 0.198. The average molecular weight is 230 g/mol. The Kier molecular flexibility index (Phi) is 6.40. The minimum Gasteiger partial charge on any atom is -0.389 e. The van der Waals surface area contributed by atoms with Crippen LogP contribution in [0.5, 0.6) is 0 Å². The Bertz CT molecular complexity index is 192. The van der Waals surface area contributed by atoms with Crippen molar-refractivity contribution in [3.63, 3.8) is 0 Å². The van der Waals surface area contributed by atoms with Gasteiger partial charge in [0.1, 0.15) is 0 Å². The van der Waals surface area contributed by atoms with Crippen molar-refractivity contribution in [2.45, 2.75) is 59.8 Å². The highest BCUT2D eigenvalue weighted by molar-refractivity contribution is 6.71. The molecule has 2 atom stereocenters. The maximum atomic E-state index is 6.11. The van der Waals surface area contributed by atoms with E-state index < -0.39 is 8.56 Å². The Balaban J connectivity index is 4.46. The van der Waals surface area contributed by atoms with Gasteiger partial charge in [0.25, 0.3) is 0 Å². The van der Waals surface area contributed by atoms with Crippen LogP contribution in [0.1, 0.15) is 41.0 Å². The van der Waals surface area contributed by atoms with Gasteiger partial charge in [-0.15, -0.1) is 6.58 Å². The summed E-state index contributed by atoms with van der Waals surface area (Å²) in [5.74, 6) is 0.525. The normalized spacial score (nSPS) is 17.9. The molecule has 0 aliphatic carbocycles. The molecular weight excluding hydrogens is 204 g/mol. The summed E-state index contributed by atoms with van der Waals surface area (Å²) in [5, 5.41) is 0. The zero-order valence-electron chi connectivity index (χ0n) is 11.0. The molecule has 2 unspecified atom stereocenters. The van der Waals surface area contributed by atoms with Crippen LogP contribution in [0.4, 0.5) is 0 Å². The van der Waals surface area contributed by atoms with Crippen LogP contribution in [-0.2, 0) is 8.85 Å². The Morgan fingerprint density at radius 2 is 1.73 bits per heavy atom. The predicted octanol–water partition coefficient (Wildman–Crippen LogP) is 3.66. The van der Waals surface area contributed by atoms with Crippen molar-refractivity contribution >= 4 is 8.56 Å². The highest BCUT2D eigenvalue weighted by Crippen LogP contribution is 2.20. The van der Waals surface area contributed by atoms with Crippen LogP contribution in [0, 0.1) is 5.92 Å². The molecule has 0 radical (unpaired) electrons. The maximum absolute atomic E-state index is 6.11. The lowest BCUT2D eigenvalue weighted by molar-refractivity contribution is 0.0744. The third-order valence-electron chi connectivity index (χ3n) is 2.37. The van der Waals surface area contributed by atoms with Crippen LogP contribution in [0.25, 0.3) is 0 Å². The molecule has 0 saturated carbocycles. The first kappa shape index (κ1) is 14.9. The minimum atomic E-state index is -2.17. The summed E-state index contributed by atoms with van der Waals surface area (Å²) in [4.78, 5) is 0. The van der Waals surface area contributed by atoms with Gasteiger partial charge in [-0.25, -0.2) is 0 Å². The van der Waals surface area contributed by atoms with E-state index in [0.717, 1.165) is 6.42 Å². The van der Waals surface area contributed by atoms with Crippen molar-refractivity contribution in [2.75, 3.05) is 0 Å². The summed E-state index contributed by atoms with van der Waals surface area (Å²) >= 11 is 0. The molecule has 0 aromatic carbocycles. The van der Waals surface area contributed by atoms with Gasteiger partial charge in [-0.1, -0.05) is 20.8 Å². The largest absolute Gasteiger partial charge is 0.389 e. The van der Waals surface area contributed by atoms with Crippen LogP contribution in [-0.4, -0.2) is 20.8 Å². The Labute approximate surface area is 95.9 Å². The van der Waals surface area contributed by atoms with E-state index in [9.17, 15) is 0 Å². The van der Waals surface area contributed by atoms with Crippen molar-refractivity contribution in [3.05, 3.63) is 12.3 Å². The highest BCUT2D eigenvalue weighted by atomic mass is 28.4. The summed E-state index contributed by atoms with van der Waals surface area (Å²) < 4.78 is 12.0. The van der Waals surface area contributed by atoms with Gasteiger partial charge in [-0.3, -0.25) is 0 Å². The second-order valence-corrected chi connectivity index (χ2v) is 7.61. The smallest absolute Gasteiger partial charge is 0.361 e. The summed E-state index contributed by atoms with van der Waals surface area (Å²) in [6.45, 7) is 16.5. The molecule has 0 aromatic rings. The standard InChI is InChI=1S/C12H26O2Si/c1-8-12(10(3)4)14-15(7,9-2)13-11(5)6/h9-12H,2,8H2,1,3-7H3. The highest BCUT2D eigenvalue weighted by Gasteiger charge is 2.32. The summed E-state index contributed by atoms with van der Waals surface area (Å²) in [6, 6.07) is 0. The second kappa shape index (κ2) is 6.46. The van der Waals surface area contributed by atoms with Gasteiger partial charge >= 0.3 is 8.56 Å². The molecule has 0 N–H and O–H groups in total. The molecule has 15 heavy (non-hydrogen) atoms. The van der Waals surface area contributed by atoms with Crippen LogP contribution in [0.2, 0.25) is 6.55 Å². The van der Waals surface area contributed by atoms with Crippen LogP contribution in [0.15, 0.2) is 12.3 Å². The summed E-state index contributed by atoms with van der Waals surface area (Å²) in [6.07, 6.45) is 1.50. The zero-order valence-corrected chi connectivity index (χ0v) is 12.0. The third kappa shape index (κ3) is 5.49. The maximum Gasteiger partial charge on any atom is 0.361 e. The van der Waals surface area contributed by atoms with E-state index in [4.69, 9.17) is 8.85 Å². The Morgan fingerprint density at radius 3 is 2.00 bits per heavy atom. The molecule has 2 nitrogen and oxygen atoms in total. The van der Waals surface area contributed by atoms with Crippen LogP contribution < -0.4 is 0 Å². The van der Waals surface area contributed by atoms with Crippen LogP contribution >= 0.6 is 0 Å². The van der Waals surface area contributed by atoms with Crippen molar-refractivity contribution in [1.82, 2.24) is 0 Å². The topological polar surface area (TPSA) is 18.5 Å². The second-order valence-electron chi connectivity index (χ2n) is 4.70. The van der Waals surface area contributed by atoms with Gasteiger partial charge < -0.3 is 8.85 Å². The van der Waals surface area contributed by atoms with E-state index in [1.54, 1.807) is 0 Å². The number of rotatable bonds is 7. The lowest BCUT2D eigenvalue weighted by Crippen LogP contribution is -2.43. The predicted molar refractivity (Wildman–Crippen MR) is 68.0 cm³/mol. The van der Waals surface area contributed by atoms with E-state index in [2.05, 4.69) is 33.9 Å². The first-order valence-electron chi connectivity index (χ1n) is 5.83. The molecule has 0 aliphatic heterocycles. The molecule has 0 saturated heterocycles. The van der Waals surface area contributed by atoms with Crippen molar-refractivity contribution in [1.29, 1.82) is 0 Å². The molecule has 0 amide bonds. The lowest BCUT2D eigenvalue weighted by atomic mass is 10.1. The molecule has 0 spiro atoms. The van der Waals surface area contributed by atoms with Gasteiger partial charge in [0.2, 0.25) is 0 Å². The van der Waals surface area contributed by atoms with E-state index in [1.165, 1.54) is 0 Å². The molecule has 0 heterocycles. The van der Waals surface area contributed by atoms with E-state index in [-0.39, 0.29) is 12.2 Å². The molecule has 0 aromatic heterocycles. The molecule has 0 bridgehead atoms.